The maximum absolute atomic E-state index is 11.6. The lowest BCUT2D eigenvalue weighted by Gasteiger charge is -2.04. The van der Waals surface area contributed by atoms with Crippen LogP contribution in [0.15, 0.2) is 12.2 Å². The Morgan fingerprint density at radius 3 is 1.21 bits per heavy atom. The molecular weight excluding hydrogens is 352 g/mol. The molecule has 0 fully saturated rings. The van der Waals surface area contributed by atoms with Crippen LogP contribution in [0.1, 0.15) is 117 Å². The molecule has 0 heterocycles. The van der Waals surface area contributed by atoms with Gasteiger partial charge in [-0.25, -0.2) is 0 Å². The summed E-state index contributed by atoms with van der Waals surface area (Å²) in [6, 6.07) is 0. The summed E-state index contributed by atoms with van der Waals surface area (Å²) in [5, 5.41) is 0. The topological polar surface area (TPSA) is 52.6 Å². The highest BCUT2D eigenvalue weighted by atomic mass is 16.5. The van der Waals surface area contributed by atoms with E-state index in [-0.39, 0.29) is 24.8 Å². The number of esters is 2. The Bertz CT molecular complexity index is 354. The molecule has 4 heteroatoms. The first-order chi connectivity index (χ1) is 13.7. The molecule has 0 bridgehead atoms. The van der Waals surface area contributed by atoms with Crippen LogP contribution in [0.4, 0.5) is 0 Å². The van der Waals surface area contributed by atoms with Gasteiger partial charge in [0.05, 0.1) is 26.1 Å². The molecule has 0 aromatic rings. The van der Waals surface area contributed by atoms with Gasteiger partial charge in [0.2, 0.25) is 0 Å². The zero-order valence-electron chi connectivity index (χ0n) is 18.5. The van der Waals surface area contributed by atoms with E-state index in [4.69, 9.17) is 9.47 Å². The summed E-state index contributed by atoms with van der Waals surface area (Å²) in [6.07, 6.45) is 20.7. The predicted octanol–water partition coefficient (Wildman–Crippen LogP) is 6.91. The van der Waals surface area contributed by atoms with Gasteiger partial charge in [0, 0.05) is 0 Å². The van der Waals surface area contributed by atoms with Gasteiger partial charge in [-0.3, -0.25) is 9.59 Å². The molecule has 0 aromatic carbocycles. The molecule has 0 aliphatic heterocycles. The van der Waals surface area contributed by atoms with Gasteiger partial charge in [0.1, 0.15) is 0 Å². The van der Waals surface area contributed by atoms with Crippen LogP contribution in [0.25, 0.3) is 0 Å². The minimum atomic E-state index is -0.223. The molecule has 0 atom stereocenters. The molecule has 0 saturated carbocycles. The van der Waals surface area contributed by atoms with Gasteiger partial charge in [0.15, 0.2) is 0 Å². The summed E-state index contributed by atoms with van der Waals surface area (Å²) >= 11 is 0. The van der Waals surface area contributed by atoms with Crippen LogP contribution >= 0.6 is 0 Å². The monoisotopic (exact) mass is 396 g/mol. The van der Waals surface area contributed by atoms with E-state index in [1.54, 1.807) is 12.2 Å². The number of carbonyl (C=O) groups excluding carboxylic acids is 2. The van der Waals surface area contributed by atoms with E-state index in [0.29, 0.717) is 13.2 Å². The molecule has 0 aliphatic rings. The zero-order chi connectivity index (χ0) is 20.7. The van der Waals surface area contributed by atoms with E-state index in [0.717, 1.165) is 25.7 Å². The molecule has 0 aromatic heterocycles. The lowest BCUT2D eigenvalue weighted by Crippen LogP contribution is -2.05. The maximum atomic E-state index is 11.6. The number of carbonyl (C=O) groups is 2. The number of unbranched alkanes of at least 4 members (excludes halogenated alkanes) is 12. The van der Waals surface area contributed by atoms with Crippen LogP contribution < -0.4 is 0 Å². The first kappa shape index (κ1) is 26.7. The normalized spacial score (nSPS) is 11.1. The molecule has 0 unspecified atom stereocenters. The van der Waals surface area contributed by atoms with Gasteiger partial charge in [-0.05, 0) is 12.8 Å². The van der Waals surface area contributed by atoms with E-state index < -0.39 is 0 Å². The second-order valence-electron chi connectivity index (χ2n) is 7.56. The minimum absolute atomic E-state index is 0.223. The molecule has 0 spiro atoms. The lowest BCUT2D eigenvalue weighted by molar-refractivity contribution is -0.144. The fraction of sp³-hybridized carbons (Fsp3) is 0.833. The zero-order valence-corrected chi connectivity index (χ0v) is 18.5. The van der Waals surface area contributed by atoms with E-state index >= 15 is 0 Å². The molecule has 4 nitrogen and oxygen atoms in total. The molecule has 164 valence electrons. The quantitative estimate of drug-likeness (QED) is 0.127. The average Bonchev–Trinajstić information content (AvgIpc) is 2.69. The van der Waals surface area contributed by atoms with E-state index in [2.05, 4.69) is 13.8 Å². The van der Waals surface area contributed by atoms with Crippen molar-refractivity contribution in [2.75, 3.05) is 13.2 Å². The van der Waals surface area contributed by atoms with Crippen molar-refractivity contribution in [2.45, 2.75) is 117 Å². The van der Waals surface area contributed by atoms with Crippen LogP contribution in [-0.2, 0) is 19.1 Å². The molecule has 0 radical (unpaired) electrons. The maximum Gasteiger partial charge on any atom is 0.309 e. The first-order valence-electron chi connectivity index (χ1n) is 11.7. The molecular formula is C24H44O4. The van der Waals surface area contributed by atoms with E-state index in [9.17, 15) is 9.59 Å². The Balaban J connectivity index is 3.41. The van der Waals surface area contributed by atoms with Crippen molar-refractivity contribution < 1.29 is 19.1 Å². The number of hydrogen-bond acceptors (Lipinski definition) is 4. The summed E-state index contributed by atoms with van der Waals surface area (Å²) in [5.74, 6) is -0.447. The van der Waals surface area contributed by atoms with Crippen LogP contribution in [0.2, 0.25) is 0 Å². The molecule has 0 aliphatic carbocycles. The van der Waals surface area contributed by atoms with E-state index in [1.165, 1.54) is 64.2 Å². The smallest absolute Gasteiger partial charge is 0.309 e. The van der Waals surface area contributed by atoms with Crippen molar-refractivity contribution in [3.63, 3.8) is 0 Å². The first-order valence-corrected chi connectivity index (χ1v) is 11.7. The number of ether oxygens (including phenoxy) is 2. The largest absolute Gasteiger partial charge is 0.465 e. The Hall–Kier alpha value is -1.32. The van der Waals surface area contributed by atoms with Crippen LogP contribution in [-0.4, -0.2) is 25.2 Å². The van der Waals surface area contributed by atoms with Gasteiger partial charge in [0.25, 0.3) is 0 Å². The van der Waals surface area contributed by atoms with Crippen molar-refractivity contribution in [3.05, 3.63) is 12.2 Å². The summed E-state index contributed by atoms with van der Waals surface area (Å²) in [7, 11) is 0. The minimum Gasteiger partial charge on any atom is -0.465 e. The predicted molar refractivity (Wildman–Crippen MR) is 116 cm³/mol. The Kier molecular flexibility index (Phi) is 20.9. The molecule has 0 rings (SSSR count). The van der Waals surface area contributed by atoms with Crippen molar-refractivity contribution in [3.8, 4) is 0 Å². The third-order valence-electron chi connectivity index (χ3n) is 4.76. The molecule has 0 amide bonds. The SMILES string of the molecule is CCCCCCCCCOC(=O)CC=CCC(=O)OCCCCCCCCC. The summed E-state index contributed by atoms with van der Waals surface area (Å²) in [6.45, 7) is 5.43. The highest BCUT2D eigenvalue weighted by molar-refractivity contribution is 5.73. The summed E-state index contributed by atoms with van der Waals surface area (Å²) in [4.78, 5) is 23.2. The Labute approximate surface area is 173 Å². The molecule has 0 N–H and O–H groups in total. The Morgan fingerprint density at radius 2 is 0.857 bits per heavy atom. The summed E-state index contributed by atoms with van der Waals surface area (Å²) in [5.41, 5.74) is 0. The fourth-order valence-corrected chi connectivity index (χ4v) is 2.97. The molecule has 28 heavy (non-hydrogen) atoms. The highest BCUT2D eigenvalue weighted by Gasteiger charge is 2.02. The van der Waals surface area contributed by atoms with Crippen LogP contribution in [0, 0.1) is 0 Å². The van der Waals surface area contributed by atoms with Crippen molar-refractivity contribution in [2.24, 2.45) is 0 Å². The average molecular weight is 397 g/mol. The Morgan fingerprint density at radius 1 is 0.536 bits per heavy atom. The van der Waals surface area contributed by atoms with Crippen molar-refractivity contribution >= 4 is 11.9 Å². The van der Waals surface area contributed by atoms with E-state index in [1.807, 2.05) is 0 Å². The highest BCUT2D eigenvalue weighted by Crippen LogP contribution is 2.08. The van der Waals surface area contributed by atoms with Crippen molar-refractivity contribution in [1.82, 2.24) is 0 Å². The fourth-order valence-electron chi connectivity index (χ4n) is 2.97. The number of hydrogen-bond donors (Lipinski definition) is 0. The standard InChI is InChI=1S/C24H44O4/c1-3-5-7-9-11-13-17-21-27-23(25)19-15-16-20-24(26)28-22-18-14-12-10-8-6-4-2/h15-16H,3-14,17-22H2,1-2H3. The number of rotatable bonds is 20. The second kappa shape index (κ2) is 22.0. The van der Waals surface area contributed by atoms with Gasteiger partial charge in [-0.2, -0.15) is 0 Å². The summed E-state index contributed by atoms with van der Waals surface area (Å²) < 4.78 is 10.4. The van der Waals surface area contributed by atoms with Gasteiger partial charge in [-0.1, -0.05) is 103 Å². The second-order valence-corrected chi connectivity index (χ2v) is 7.56. The van der Waals surface area contributed by atoms with Crippen LogP contribution in [0.5, 0.6) is 0 Å². The van der Waals surface area contributed by atoms with Gasteiger partial charge < -0.3 is 9.47 Å². The third-order valence-corrected chi connectivity index (χ3v) is 4.76. The van der Waals surface area contributed by atoms with Crippen LogP contribution in [0.3, 0.4) is 0 Å². The third kappa shape index (κ3) is 21.0. The molecule has 0 saturated heterocycles. The van der Waals surface area contributed by atoms with Gasteiger partial charge >= 0.3 is 11.9 Å². The lowest BCUT2D eigenvalue weighted by atomic mass is 10.1. The van der Waals surface area contributed by atoms with Gasteiger partial charge in [-0.15, -0.1) is 0 Å². The van der Waals surface area contributed by atoms with Crippen molar-refractivity contribution in [1.29, 1.82) is 0 Å².